The number of hydrogen-bond donors (Lipinski definition) is 2. The molecule has 0 saturated heterocycles. The first-order valence-corrected chi connectivity index (χ1v) is 8.78. The summed E-state index contributed by atoms with van der Waals surface area (Å²) in [5, 5.41) is 6.48. The number of thiophene rings is 1. The van der Waals surface area contributed by atoms with Crippen LogP contribution in [0.3, 0.4) is 0 Å². The van der Waals surface area contributed by atoms with E-state index < -0.39 is 0 Å². The van der Waals surface area contributed by atoms with Gasteiger partial charge in [0.05, 0.1) is 9.88 Å². The number of rotatable bonds is 6. The van der Waals surface area contributed by atoms with Crippen LogP contribution >= 0.6 is 11.3 Å². The Hall–Kier alpha value is -2.14. The van der Waals surface area contributed by atoms with E-state index in [1.165, 1.54) is 16.9 Å². The van der Waals surface area contributed by atoms with E-state index in [0.29, 0.717) is 4.88 Å². The van der Waals surface area contributed by atoms with Crippen molar-refractivity contribution in [3.05, 3.63) is 46.8 Å². The summed E-state index contributed by atoms with van der Waals surface area (Å²) in [6, 6.07) is 11.4. The molecule has 1 aliphatic rings. The van der Waals surface area contributed by atoms with Crippen molar-refractivity contribution in [2.45, 2.75) is 32.6 Å². The third kappa shape index (κ3) is 4.20. The molecule has 1 fully saturated rings. The van der Waals surface area contributed by atoms with Gasteiger partial charge >= 0.3 is 0 Å². The molecule has 0 radical (unpaired) electrons. The second kappa shape index (κ2) is 6.96. The highest BCUT2D eigenvalue weighted by Gasteiger charge is 2.29. The van der Waals surface area contributed by atoms with Gasteiger partial charge in [0, 0.05) is 11.6 Å². The molecule has 3 rings (SSSR count). The molecule has 1 aliphatic carbocycles. The quantitative estimate of drug-likeness (QED) is 0.830. The smallest absolute Gasteiger partial charge is 0.265 e. The van der Waals surface area contributed by atoms with Gasteiger partial charge in [0.1, 0.15) is 0 Å². The van der Waals surface area contributed by atoms with E-state index in [0.717, 1.165) is 36.4 Å². The molecule has 23 heavy (non-hydrogen) atoms. The summed E-state index contributed by atoms with van der Waals surface area (Å²) < 4.78 is 0. The van der Waals surface area contributed by atoms with Crippen molar-refractivity contribution in [1.82, 2.24) is 0 Å². The first kappa shape index (κ1) is 15.7. The molecule has 5 heteroatoms. The fourth-order valence-corrected chi connectivity index (χ4v) is 3.14. The molecular formula is C18H20N2O2S. The summed E-state index contributed by atoms with van der Waals surface area (Å²) in [5.41, 5.74) is 2.05. The number of hydrogen-bond acceptors (Lipinski definition) is 3. The molecule has 0 unspecified atom stereocenters. The third-order valence-corrected chi connectivity index (χ3v) is 4.77. The van der Waals surface area contributed by atoms with E-state index in [2.05, 4.69) is 17.6 Å². The van der Waals surface area contributed by atoms with E-state index in [1.54, 1.807) is 12.1 Å². The summed E-state index contributed by atoms with van der Waals surface area (Å²) in [5.74, 6) is 0.0755. The first-order valence-electron chi connectivity index (χ1n) is 7.96. The maximum absolute atomic E-state index is 12.3. The largest absolute Gasteiger partial charge is 0.321 e. The van der Waals surface area contributed by atoms with Crippen molar-refractivity contribution in [3.8, 4) is 0 Å². The monoisotopic (exact) mass is 328 g/mol. The minimum atomic E-state index is -0.148. The Labute approximate surface area is 139 Å². The zero-order valence-electron chi connectivity index (χ0n) is 13.1. The highest BCUT2D eigenvalue weighted by molar-refractivity contribution is 7.18. The summed E-state index contributed by atoms with van der Waals surface area (Å²) in [6.45, 7) is 2.14. The lowest BCUT2D eigenvalue weighted by Crippen LogP contribution is -2.12. The molecular weight excluding hydrogens is 308 g/mol. The zero-order chi connectivity index (χ0) is 16.2. The van der Waals surface area contributed by atoms with Crippen LogP contribution < -0.4 is 10.6 Å². The van der Waals surface area contributed by atoms with Gasteiger partial charge in [-0.3, -0.25) is 9.59 Å². The average molecular weight is 328 g/mol. The van der Waals surface area contributed by atoms with E-state index in [1.807, 2.05) is 24.3 Å². The van der Waals surface area contributed by atoms with Crippen molar-refractivity contribution in [2.24, 2.45) is 5.92 Å². The predicted molar refractivity (Wildman–Crippen MR) is 94.1 cm³/mol. The Kier molecular flexibility index (Phi) is 4.76. The van der Waals surface area contributed by atoms with E-state index >= 15 is 0 Å². The van der Waals surface area contributed by atoms with Gasteiger partial charge in [0.2, 0.25) is 5.91 Å². The van der Waals surface area contributed by atoms with Crippen LogP contribution in [0, 0.1) is 5.92 Å². The second-order valence-corrected chi connectivity index (χ2v) is 6.91. The molecule has 0 bridgehead atoms. The van der Waals surface area contributed by atoms with Gasteiger partial charge in [-0.1, -0.05) is 25.5 Å². The molecule has 2 N–H and O–H groups in total. The molecule has 120 valence electrons. The highest BCUT2D eigenvalue weighted by Crippen LogP contribution is 2.31. The Bertz CT molecular complexity index is 702. The van der Waals surface area contributed by atoms with Crippen molar-refractivity contribution in [2.75, 3.05) is 10.6 Å². The third-order valence-electron chi connectivity index (χ3n) is 3.77. The summed E-state index contributed by atoms with van der Waals surface area (Å²) in [6.07, 6.45) is 4.09. The highest BCUT2D eigenvalue weighted by atomic mass is 32.1. The lowest BCUT2D eigenvalue weighted by Gasteiger charge is -2.05. The number of carbonyl (C=O) groups excluding carboxylic acids is 2. The number of anilines is 2. The number of benzene rings is 1. The summed E-state index contributed by atoms with van der Waals surface area (Å²) in [4.78, 5) is 24.6. The summed E-state index contributed by atoms with van der Waals surface area (Å²) in [7, 11) is 0. The zero-order valence-corrected chi connectivity index (χ0v) is 13.9. The van der Waals surface area contributed by atoms with Crippen LogP contribution in [0.15, 0.2) is 36.4 Å². The molecule has 1 heterocycles. The SMILES string of the molecule is CCCc1ccc(NC(=O)c2ccc(NC(=O)C3CC3)s2)cc1. The topological polar surface area (TPSA) is 58.2 Å². The lowest BCUT2D eigenvalue weighted by molar-refractivity contribution is -0.117. The van der Waals surface area contributed by atoms with E-state index in [-0.39, 0.29) is 17.7 Å². The van der Waals surface area contributed by atoms with Crippen LogP contribution in [-0.2, 0) is 11.2 Å². The van der Waals surface area contributed by atoms with Gasteiger partial charge in [-0.15, -0.1) is 11.3 Å². The Morgan fingerprint density at radius 2 is 1.83 bits per heavy atom. The molecule has 1 aromatic heterocycles. The number of amides is 2. The molecule has 2 aromatic rings. The molecule has 1 aromatic carbocycles. The Morgan fingerprint density at radius 3 is 2.48 bits per heavy atom. The number of carbonyl (C=O) groups is 2. The standard InChI is InChI=1S/C18H20N2O2S/c1-2-3-12-4-8-14(9-5-12)19-18(22)15-10-11-16(23-15)20-17(21)13-6-7-13/h4-5,8-11,13H,2-3,6-7H2,1H3,(H,19,22)(H,20,21). The van der Waals surface area contributed by atoms with Gasteiger partial charge in [-0.2, -0.15) is 0 Å². The fourth-order valence-electron chi connectivity index (χ4n) is 2.33. The lowest BCUT2D eigenvalue weighted by atomic mass is 10.1. The van der Waals surface area contributed by atoms with Crippen molar-refractivity contribution in [3.63, 3.8) is 0 Å². The second-order valence-electron chi connectivity index (χ2n) is 5.83. The van der Waals surface area contributed by atoms with Crippen LogP contribution in [-0.4, -0.2) is 11.8 Å². The maximum Gasteiger partial charge on any atom is 0.265 e. The van der Waals surface area contributed by atoms with Gasteiger partial charge in [-0.25, -0.2) is 0 Å². The fraction of sp³-hybridized carbons (Fsp3) is 0.333. The molecule has 4 nitrogen and oxygen atoms in total. The van der Waals surface area contributed by atoms with Gasteiger partial charge < -0.3 is 10.6 Å². The van der Waals surface area contributed by atoms with Gasteiger partial charge in [0.15, 0.2) is 0 Å². The van der Waals surface area contributed by atoms with E-state index in [9.17, 15) is 9.59 Å². The average Bonchev–Trinajstić information content (AvgIpc) is 3.30. The first-order chi connectivity index (χ1) is 11.2. The normalized spacial score (nSPS) is 13.6. The number of aryl methyl sites for hydroxylation is 1. The van der Waals surface area contributed by atoms with Crippen molar-refractivity contribution in [1.29, 1.82) is 0 Å². The van der Waals surface area contributed by atoms with Crippen molar-refractivity contribution >= 4 is 33.8 Å². The molecule has 2 amide bonds. The molecule has 0 spiro atoms. The minimum absolute atomic E-state index is 0.0605. The van der Waals surface area contributed by atoms with Gasteiger partial charge in [0.25, 0.3) is 5.91 Å². The molecule has 0 atom stereocenters. The number of nitrogens with one attached hydrogen (secondary N) is 2. The van der Waals surface area contributed by atoms with Crippen LogP contribution in [0.5, 0.6) is 0 Å². The van der Waals surface area contributed by atoms with Crippen LogP contribution in [0.25, 0.3) is 0 Å². The van der Waals surface area contributed by atoms with Gasteiger partial charge in [-0.05, 0) is 49.1 Å². The van der Waals surface area contributed by atoms with Crippen LogP contribution in [0.1, 0.15) is 41.4 Å². The van der Waals surface area contributed by atoms with Crippen LogP contribution in [0.2, 0.25) is 0 Å². The maximum atomic E-state index is 12.3. The van der Waals surface area contributed by atoms with E-state index in [4.69, 9.17) is 0 Å². The Morgan fingerprint density at radius 1 is 1.09 bits per heavy atom. The van der Waals surface area contributed by atoms with Crippen molar-refractivity contribution < 1.29 is 9.59 Å². The molecule has 0 aliphatic heterocycles. The minimum Gasteiger partial charge on any atom is -0.321 e. The predicted octanol–water partition coefficient (Wildman–Crippen LogP) is 4.30. The Balaban J connectivity index is 1.59. The molecule has 1 saturated carbocycles. The summed E-state index contributed by atoms with van der Waals surface area (Å²) >= 11 is 1.30. The van der Waals surface area contributed by atoms with Crippen LogP contribution in [0.4, 0.5) is 10.7 Å².